The van der Waals surface area contributed by atoms with E-state index in [1.165, 1.54) is 16.7 Å². The van der Waals surface area contributed by atoms with E-state index in [0.717, 1.165) is 95.3 Å². The number of nitrogens with zero attached hydrogens (tertiary/aromatic N) is 4. The van der Waals surface area contributed by atoms with Crippen molar-refractivity contribution in [1.82, 2.24) is 14.1 Å². The molecule has 0 amide bonds. The van der Waals surface area contributed by atoms with Crippen LogP contribution in [0.5, 0.6) is 11.5 Å². The molecule has 5 nitrogen and oxygen atoms in total. The number of benzene rings is 9. The predicted molar refractivity (Wildman–Crippen MR) is 312 cm³/mol. The number of pyridine rings is 1. The molecule has 0 unspecified atom stereocenters. The summed E-state index contributed by atoms with van der Waals surface area (Å²) in [6.07, 6.45) is 6.69. The highest BCUT2D eigenvalue weighted by Crippen LogP contribution is 2.56. The number of hydrogen-bond acceptors (Lipinski definition) is 2. The Hall–Kier alpha value is -8.80. The van der Waals surface area contributed by atoms with E-state index in [1.54, 1.807) is 0 Å². The Morgan fingerprint density at radius 1 is 0.553 bits per heavy atom. The normalized spacial score (nSPS) is 15.1. The SMILES string of the molecule is [2H]c1c([2H])c([2H])c(-c2ccc3c(c2-[n+]2[c-]n(-c4cccc(Oc5ccc6c7ccccc7n(-c7cc(C(C)(C)C)ccn7)c6c5)c4)c4ccccc42)-c2cc4c(cc2-c2ccccc2-c2ccccc2-3)C(C)(C)CC4(C)C)c([2H])c1[2H]. The molecule has 12 aromatic rings. The summed E-state index contributed by atoms with van der Waals surface area (Å²) in [5.41, 5.74) is 17.3. The molecule has 3 aromatic heterocycles. The summed E-state index contributed by atoms with van der Waals surface area (Å²) in [7, 11) is 0. The third-order valence-electron chi connectivity index (χ3n) is 16.0. The van der Waals surface area contributed by atoms with E-state index in [4.69, 9.17) is 13.8 Å². The Kier molecular flexibility index (Phi) is 9.00. The highest BCUT2D eigenvalue weighted by molar-refractivity contribution is 6.10. The van der Waals surface area contributed by atoms with Crippen molar-refractivity contribution in [1.29, 1.82) is 0 Å². The summed E-state index contributed by atoms with van der Waals surface area (Å²) < 4.78 is 59.0. The van der Waals surface area contributed by atoms with Crippen LogP contribution in [-0.4, -0.2) is 14.1 Å². The third-order valence-corrected chi connectivity index (χ3v) is 16.0. The summed E-state index contributed by atoms with van der Waals surface area (Å²) in [6.45, 7) is 16.0. The van der Waals surface area contributed by atoms with Crippen LogP contribution in [0, 0.1) is 6.33 Å². The molecule has 0 N–H and O–H groups in total. The minimum Gasteiger partial charge on any atom is -0.458 e. The molecular weight excluding hydrogens is 925 g/mol. The molecule has 0 bridgehead atoms. The largest absolute Gasteiger partial charge is 0.458 e. The van der Waals surface area contributed by atoms with Crippen molar-refractivity contribution in [3.05, 3.63) is 235 Å². The zero-order valence-corrected chi connectivity index (χ0v) is 43.7. The zero-order valence-electron chi connectivity index (χ0n) is 48.7. The first-order valence-electron chi connectivity index (χ1n) is 28.7. The van der Waals surface area contributed by atoms with Gasteiger partial charge in [0, 0.05) is 28.6 Å². The molecular formula is C71H58N4O. The molecule has 2 aliphatic carbocycles. The van der Waals surface area contributed by atoms with Gasteiger partial charge in [0.25, 0.3) is 6.33 Å². The molecule has 0 radical (unpaired) electrons. The van der Waals surface area contributed by atoms with Crippen LogP contribution in [-0.2, 0) is 16.2 Å². The van der Waals surface area contributed by atoms with E-state index in [-0.39, 0.29) is 33.9 Å². The lowest BCUT2D eigenvalue weighted by Gasteiger charge is -2.29. The van der Waals surface area contributed by atoms with E-state index in [0.29, 0.717) is 22.7 Å². The Balaban J connectivity index is 1.01. The fourth-order valence-electron chi connectivity index (χ4n) is 12.8. The smallest absolute Gasteiger partial charge is 0.269 e. The van der Waals surface area contributed by atoms with Crippen molar-refractivity contribution >= 4 is 32.8 Å². The second-order valence-electron chi connectivity index (χ2n) is 22.9. The van der Waals surface area contributed by atoms with Crippen LogP contribution < -0.4 is 9.30 Å². The van der Waals surface area contributed by atoms with Crippen molar-refractivity contribution in [3.8, 4) is 84.3 Å². The van der Waals surface area contributed by atoms with E-state index in [2.05, 4.69) is 191 Å². The lowest BCUT2D eigenvalue weighted by molar-refractivity contribution is -0.571. The maximum absolute atomic E-state index is 9.57. The molecule has 0 atom stereocenters. The van der Waals surface area contributed by atoms with Gasteiger partial charge in [-0.15, -0.1) is 0 Å². The number of aromatic nitrogens is 4. The Morgan fingerprint density at radius 2 is 1.17 bits per heavy atom. The first kappa shape index (κ1) is 40.6. The first-order valence-corrected chi connectivity index (χ1v) is 26.2. The van der Waals surface area contributed by atoms with Gasteiger partial charge in [0.05, 0.1) is 40.3 Å². The second-order valence-corrected chi connectivity index (χ2v) is 22.9. The Bertz CT molecular complexity index is 4620. The molecule has 2 aliphatic rings. The van der Waals surface area contributed by atoms with Crippen LogP contribution in [0.4, 0.5) is 0 Å². The molecule has 0 saturated carbocycles. The van der Waals surface area contributed by atoms with Crippen LogP contribution in [0.25, 0.3) is 106 Å². The molecule has 5 heteroatoms. The molecule has 0 spiro atoms. The molecule has 0 fully saturated rings. The Morgan fingerprint density at radius 3 is 1.91 bits per heavy atom. The molecule has 0 aliphatic heterocycles. The standard InChI is InChI=1S/C71H58N4O/c1-69(2,3)46-36-37-72-66(38-46)75-62-29-16-15-28-55(62)56-33-32-49(40-65(56)75)76-48-23-19-22-47(39-48)73-44-74(64-31-18-17-30-63(64)73)68-50(45-20-9-8-10-21-45)34-35-57-53-26-13-11-24-51(53)52-25-12-14-27-54(52)58-41-60-61(42-59(58)67(57)68)71(6,7)43-70(60,4)5/h8-42H,43H2,1-7H3/i8D,9D,10D,20D,21D. The van der Waals surface area contributed by atoms with Crippen LogP contribution in [0.1, 0.15) is 78.4 Å². The lowest BCUT2D eigenvalue weighted by Crippen LogP contribution is -2.32. The lowest BCUT2D eigenvalue weighted by atomic mass is 9.76. The minimum atomic E-state index is -0.444. The summed E-state index contributed by atoms with van der Waals surface area (Å²) in [6, 6.07) is 59.3. The molecule has 3 heterocycles. The third kappa shape index (κ3) is 7.20. The summed E-state index contributed by atoms with van der Waals surface area (Å²) >= 11 is 0. The second kappa shape index (κ2) is 16.9. The average Bonchev–Trinajstić information content (AvgIpc) is 4.12. The average molecular weight is 988 g/mol. The van der Waals surface area contributed by atoms with E-state index < -0.39 is 18.1 Å². The molecule has 0 saturated heterocycles. The van der Waals surface area contributed by atoms with Gasteiger partial charge in [0.1, 0.15) is 17.3 Å². The van der Waals surface area contributed by atoms with Crippen LogP contribution in [0.15, 0.2) is 212 Å². The molecule has 76 heavy (non-hydrogen) atoms. The van der Waals surface area contributed by atoms with Gasteiger partial charge >= 0.3 is 0 Å². The van der Waals surface area contributed by atoms with Gasteiger partial charge in [-0.1, -0.05) is 194 Å². The topological polar surface area (TPSA) is 35.9 Å². The molecule has 368 valence electrons. The van der Waals surface area contributed by atoms with E-state index in [9.17, 15) is 2.74 Å². The molecule has 9 aromatic carbocycles. The van der Waals surface area contributed by atoms with Crippen molar-refractivity contribution in [2.75, 3.05) is 0 Å². The predicted octanol–water partition coefficient (Wildman–Crippen LogP) is 17.9. The van der Waals surface area contributed by atoms with E-state index >= 15 is 0 Å². The molecule has 14 rings (SSSR count). The number of ether oxygens (including phenoxy) is 1. The van der Waals surface area contributed by atoms with Crippen LogP contribution in [0.3, 0.4) is 0 Å². The van der Waals surface area contributed by atoms with Crippen LogP contribution >= 0.6 is 0 Å². The zero-order chi connectivity index (χ0) is 56.0. The maximum Gasteiger partial charge on any atom is 0.269 e. The minimum absolute atomic E-state index is 0.0664. The number of rotatable bonds is 6. The fourth-order valence-corrected chi connectivity index (χ4v) is 12.8. The van der Waals surface area contributed by atoms with Gasteiger partial charge in [0.2, 0.25) is 0 Å². The maximum atomic E-state index is 9.57. The fraction of sp³-hybridized carbons (Fsp3) is 0.155. The quantitative estimate of drug-likeness (QED) is 0.123. The Labute approximate surface area is 452 Å². The number of imidazole rings is 1. The first-order chi connectivity index (χ1) is 38.9. The van der Waals surface area contributed by atoms with Crippen molar-refractivity contribution in [3.63, 3.8) is 0 Å². The number of fused-ring (bicyclic) bond motifs is 13. The van der Waals surface area contributed by atoms with Crippen LogP contribution in [0.2, 0.25) is 0 Å². The number of hydrogen-bond donors (Lipinski definition) is 0. The summed E-state index contributed by atoms with van der Waals surface area (Å²) in [5.74, 6) is 2.12. The highest BCUT2D eigenvalue weighted by Gasteiger charge is 2.43. The van der Waals surface area contributed by atoms with Gasteiger partial charge < -0.3 is 4.74 Å². The number of para-hydroxylation sites is 3. The van der Waals surface area contributed by atoms with Gasteiger partial charge in [-0.25, -0.2) is 4.98 Å². The van der Waals surface area contributed by atoms with Crippen molar-refractivity contribution < 1.29 is 16.2 Å². The van der Waals surface area contributed by atoms with Gasteiger partial charge in [-0.3, -0.25) is 13.7 Å². The van der Waals surface area contributed by atoms with E-state index in [1.807, 2.05) is 59.3 Å². The summed E-state index contributed by atoms with van der Waals surface area (Å²) in [4.78, 5) is 4.90. The van der Waals surface area contributed by atoms with Gasteiger partial charge in [0.15, 0.2) is 0 Å². The van der Waals surface area contributed by atoms with Crippen molar-refractivity contribution in [2.45, 2.75) is 71.1 Å². The highest BCUT2D eigenvalue weighted by atomic mass is 16.5. The van der Waals surface area contributed by atoms with Crippen molar-refractivity contribution in [2.24, 2.45) is 0 Å². The summed E-state index contributed by atoms with van der Waals surface area (Å²) in [5, 5.41) is 2.22. The monoisotopic (exact) mass is 987 g/mol. The van der Waals surface area contributed by atoms with Gasteiger partial charge in [-0.05, 0) is 144 Å². The van der Waals surface area contributed by atoms with Gasteiger partial charge in [-0.2, -0.15) is 0 Å².